The summed E-state index contributed by atoms with van der Waals surface area (Å²) in [4.78, 5) is 14.1. The number of amides is 1. The number of carbonyl (C=O) groups excluding carboxylic acids is 1. The Hall–Kier alpha value is -2.49. The van der Waals surface area contributed by atoms with E-state index >= 15 is 0 Å². The average molecular weight is 476 g/mol. The largest absolute Gasteiger partial charge is 0.508 e. The summed E-state index contributed by atoms with van der Waals surface area (Å²) in [5.41, 5.74) is 3.38. The van der Waals surface area contributed by atoms with Gasteiger partial charge < -0.3 is 15.2 Å². The monoisotopic (exact) mass is 475 g/mol. The topological polar surface area (TPSA) is 58.6 Å². The van der Waals surface area contributed by atoms with Crippen molar-refractivity contribution in [1.29, 1.82) is 0 Å². The zero-order chi connectivity index (χ0) is 24.7. The van der Waals surface area contributed by atoms with E-state index < -0.39 is 5.41 Å². The van der Waals surface area contributed by atoms with E-state index in [2.05, 4.69) is 43.4 Å². The van der Waals surface area contributed by atoms with Crippen LogP contribution in [0.5, 0.6) is 11.5 Å². The van der Waals surface area contributed by atoms with Crippen molar-refractivity contribution in [2.45, 2.75) is 88.9 Å². The highest BCUT2D eigenvalue weighted by atomic mass is 16.5. The molecule has 4 heteroatoms. The van der Waals surface area contributed by atoms with Crippen LogP contribution in [0.1, 0.15) is 88.3 Å². The van der Waals surface area contributed by atoms with E-state index in [1.807, 2.05) is 12.1 Å². The van der Waals surface area contributed by atoms with Gasteiger partial charge in [0.25, 0.3) is 0 Å². The summed E-state index contributed by atoms with van der Waals surface area (Å²) < 4.78 is 5.53. The minimum atomic E-state index is -0.402. The van der Waals surface area contributed by atoms with E-state index in [1.165, 1.54) is 36.0 Å². The highest BCUT2D eigenvalue weighted by Crippen LogP contribution is 2.57. The number of ether oxygens (including phenoxy) is 1. The van der Waals surface area contributed by atoms with Gasteiger partial charge in [0.05, 0.1) is 12.5 Å². The number of carbonyl (C=O) groups is 1. The molecule has 0 spiro atoms. The quantitative estimate of drug-likeness (QED) is 0.524. The number of hydrogen-bond donors (Lipinski definition) is 2. The van der Waals surface area contributed by atoms with Crippen LogP contribution in [0.3, 0.4) is 0 Å². The van der Waals surface area contributed by atoms with Crippen LogP contribution in [0.2, 0.25) is 0 Å². The number of aromatic hydroxyl groups is 1. The van der Waals surface area contributed by atoms with Crippen molar-refractivity contribution >= 4 is 5.91 Å². The first-order chi connectivity index (χ1) is 16.8. The fourth-order valence-electron chi connectivity index (χ4n) is 7.92. The molecule has 0 unspecified atom stereocenters. The third-order valence-corrected chi connectivity index (χ3v) is 9.94. The lowest BCUT2D eigenvalue weighted by Crippen LogP contribution is -2.56. The van der Waals surface area contributed by atoms with Crippen LogP contribution in [0.4, 0.5) is 0 Å². The second kappa shape index (κ2) is 9.19. The normalized spacial score (nSPS) is 29.5. The van der Waals surface area contributed by atoms with Gasteiger partial charge in [-0.25, -0.2) is 0 Å². The Bertz CT molecular complexity index is 1090. The third kappa shape index (κ3) is 4.13. The maximum absolute atomic E-state index is 14.1. The van der Waals surface area contributed by atoms with Crippen molar-refractivity contribution < 1.29 is 14.6 Å². The molecule has 188 valence electrons. The summed E-state index contributed by atoms with van der Waals surface area (Å²) in [6.07, 6.45) is 10.9. The van der Waals surface area contributed by atoms with E-state index in [9.17, 15) is 9.90 Å². The molecule has 0 saturated heterocycles. The van der Waals surface area contributed by atoms with E-state index in [0.29, 0.717) is 12.3 Å². The van der Waals surface area contributed by atoms with E-state index in [-0.39, 0.29) is 22.7 Å². The van der Waals surface area contributed by atoms with Crippen LogP contribution in [0.15, 0.2) is 42.5 Å². The van der Waals surface area contributed by atoms with Crippen LogP contribution in [-0.2, 0) is 22.0 Å². The predicted octanol–water partition coefficient (Wildman–Crippen LogP) is 6.43. The first-order valence-corrected chi connectivity index (χ1v) is 13.6. The molecule has 0 aromatic heterocycles. The lowest BCUT2D eigenvalue weighted by molar-refractivity contribution is -0.139. The maximum Gasteiger partial charge on any atom is 0.226 e. The molecule has 0 aliphatic heterocycles. The number of methoxy groups -OCH3 is 1. The number of phenols is 1. The van der Waals surface area contributed by atoms with Crippen molar-refractivity contribution in [2.75, 3.05) is 13.7 Å². The van der Waals surface area contributed by atoms with Crippen LogP contribution >= 0.6 is 0 Å². The number of fused-ring (bicyclic) bond motifs is 3. The van der Waals surface area contributed by atoms with E-state index in [0.717, 1.165) is 50.7 Å². The van der Waals surface area contributed by atoms with Crippen molar-refractivity contribution in [3.8, 4) is 11.5 Å². The van der Waals surface area contributed by atoms with Crippen LogP contribution in [0.25, 0.3) is 0 Å². The Kier molecular flexibility index (Phi) is 6.35. The number of nitrogens with one attached hydrogen (secondary N) is 1. The second-order valence-corrected chi connectivity index (χ2v) is 11.9. The van der Waals surface area contributed by atoms with Gasteiger partial charge in [0.2, 0.25) is 5.91 Å². The van der Waals surface area contributed by atoms with Crippen molar-refractivity contribution in [3.63, 3.8) is 0 Å². The third-order valence-electron chi connectivity index (χ3n) is 9.94. The average Bonchev–Trinajstić information content (AvgIpc) is 2.88. The predicted molar refractivity (Wildman–Crippen MR) is 140 cm³/mol. The Balaban J connectivity index is 1.40. The van der Waals surface area contributed by atoms with Gasteiger partial charge in [0.15, 0.2) is 0 Å². The number of rotatable bonds is 5. The summed E-state index contributed by atoms with van der Waals surface area (Å²) in [5, 5.41) is 13.7. The summed E-state index contributed by atoms with van der Waals surface area (Å²) >= 11 is 0. The van der Waals surface area contributed by atoms with Gasteiger partial charge in [-0.2, -0.15) is 0 Å². The molecule has 1 amide bonds. The lowest BCUT2D eigenvalue weighted by Gasteiger charge is -2.54. The molecule has 5 rings (SSSR count). The summed E-state index contributed by atoms with van der Waals surface area (Å²) in [5.74, 6) is 1.71. The summed E-state index contributed by atoms with van der Waals surface area (Å²) in [6, 6.07) is 14.3. The van der Waals surface area contributed by atoms with Gasteiger partial charge in [0, 0.05) is 12.0 Å². The molecule has 35 heavy (non-hydrogen) atoms. The van der Waals surface area contributed by atoms with Crippen LogP contribution in [0, 0.1) is 11.3 Å². The molecule has 0 bridgehead atoms. The number of hydrogen-bond acceptors (Lipinski definition) is 3. The molecule has 0 heterocycles. The Morgan fingerprint density at radius 2 is 1.83 bits per heavy atom. The molecule has 3 atom stereocenters. The van der Waals surface area contributed by atoms with E-state index in [4.69, 9.17) is 4.74 Å². The number of phenolic OH excluding ortho intramolecular Hbond substituents is 1. The molecular weight excluding hydrogens is 434 g/mol. The molecule has 2 N–H and O–H groups in total. The smallest absolute Gasteiger partial charge is 0.226 e. The number of benzene rings is 2. The van der Waals surface area contributed by atoms with Gasteiger partial charge in [-0.3, -0.25) is 4.79 Å². The molecule has 2 saturated carbocycles. The maximum atomic E-state index is 14.1. The van der Waals surface area contributed by atoms with E-state index in [1.54, 1.807) is 13.2 Å². The minimum absolute atomic E-state index is 0.0261. The minimum Gasteiger partial charge on any atom is -0.508 e. The second-order valence-electron chi connectivity index (χ2n) is 11.9. The zero-order valence-electron chi connectivity index (χ0n) is 21.7. The Labute approximate surface area is 210 Å². The van der Waals surface area contributed by atoms with Gasteiger partial charge >= 0.3 is 0 Å². The molecule has 2 aromatic rings. The van der Waals surface area contributed by atoms with Crippen molar-refractivity contribution in [1.82, 2.24) is 5.32 Å². The lowest BCUT2D eigenvalue weighted by atomic mass is 9.49. The van der Waals surface area contributed by atoms with Gasteiger partial charge in [-0.15, -0.1) is 0 Å². The molecule has 2 aromatic carbocycles. The first-order valence-electron chi connectivity index (χ1n) is 13.6. The molecule has 0 radical (unpaired) electrons. The molecule has 3 aliphatic carbocycles. The fraction of sp³-hybridized carbons (Fsp3) is 0.581. The van der Waals surface area contributed by atoms with Gasteiger partial charge in [0.1, 0.15) is 11.5 Å². The van der Waals surface area contributed by atoms with Gasteiger partial charge in [-0.1, -0.05) is 57.7 Å². The van der Waals surface area contributed by atoms with Gasteiger partial charge in [-0.05, 0) is 90.8 Å². The number of aryl methyl sites for hydroxylation is 1. The molecule has 3 aliphatic rings. The summed E-state index contributed by atoms with van der Waals surface area (Å²) in [7, 11) is 1.72. The fourth-order valence-corrected chi connectivity index (χ4v) is 7.92. The highest BCUT2D eigenvalue weighted by Gasteiger charge is 2.55. The zero-order valence-corrected chi connectivity index (χ0v) is 21.7. The molecule has 4 nitrogen and oxygen atoms in total. The van der Waals surface area contributed by atoms with Crippen LogP contribution < -0.4 is 10.1 Å². The highest BCUT2D eigenvalue weighted by molar-refractivity contribution is 5.83. The molecular formula is C31H41NO3. The Morgan fingerprint density at radius 3 is 2.60 bits per heavy atom. The van der Waals surface area contributed by atoms with Crippen LogP contribution in [-0.4, -0.2) is 24.7 Å². The Morgan fingerprint density at radius 1 is 1.03 bits per heavy atom. The standard InChI is InChI=1S/C31H41NO3/c1-29-15-8-16-30(2,27(29)14-12-22-11-13-24(33)20-26(22)29)28(34)32-21-31(17-5-4-6-18-31)23-9-7-10-25(19-23)35-3/h7,9-11,13,19-20,27,33H,4-6,8,12,14-18,21H2,1-3H3,(H,32,34)/t27-,29-,30+/m1/s1. The van der Waals surface area contributed by atoms with Crippen molar-refractivity contribution in [2.24, 2.45) is 11.3 Å². The SMILES string of the molecule is COc1cccc(C2(CNC(=O)[C@@]3(C)CCC[C@]4(C)c5cc(O)ccc5CC[C@@H]34)CCCCC2)c1. The van der Waals surface area contributed by atoms with Crippen molar-refractivity contribution in [3.05, 3.63) is 59.2 Å². The first kappa shape index (κ1) is 24.2. The molecule has 2 fully saturated rings. The summed E-state index contributed by atoms with van der Waals surface area (Å²) in [6.45, 7) is 5.23.